The Morgan fingerprint density at radius 3 is 1.08 bits per heavy atom. The van der Waals surface area contributed by atoms with Crippen molar-refractivity contribution in [1.82, 2.24) is 0 Å². The van der Waals surface area contributed by atoms with Gasteiger partial charge in [-0.1, -0.05) is 0 Å². The molecule has 0 radical (unpaired) electrons. The molecule has 0 saturated carbocycles. The van der Waals surface area contributed by atoms with Crippen LogP contribution in [-0.4, -0.2) is 68.3 Å². The first kappa shape index (κ1) is 11.8. The fourth-order valence-corrected chi connectivity index (χ4v) is 0.671. The molecule has 0 fully saturated rings. The summed E-state index contributed by atoms with van der Waals surface area (Å²) in [5, 5.41) is 52.2. The summed E-state index contributed by atoms with van der Waals surface area (Å²) < 4.78 is 0. The van der Waals surface area contributed by atoms with E-state index in [9.17, 15) is 0 Å². The van der Waals surface area contributed by atoms with E-state index in [1.807, 2.05) is 0 Å². The highest BCUT2D eigenvalue weighted by molar-refractivity contribution is 4.79. The first-order chi connectivity index (χ1) is 5.54. The minimum Gasteiger partial charge on any atom is -0.394 e. The van der Waals surface area contributed by atoms with Crippen LogP contribution in [0.4, 0.5) is 0 Å². The molecule has 6 nitrogen and oxygen atoms in total. The van der Waals surface area contributed by atoms with Gasteiger partial charge in [-0.3, -0.25) is 0 Å². The molecule has 0 bridgehead atoms. The topological polar surface area (TPSA) is 121 Å². The summed E-state index contributed by atoms with van der Waals surface area (Å²) >= 11 is 0. The van der Waals surface area contributed by atoms with E-state index in [1.54, 1.807) is 0 Å². The van der Waals surface area contributed by atoms with Crippen molar-refractivity contribution in [2.45, 2.75) is 24.4 Å². The molecule has 0 heterocycles. The van der Waals surface area contributed by atoms with Gasteiger partial charge in [-0.2, -0.15) is 0 Å². The lowest BCUT2D eigenvalue weighted by molar-refractivity contribution is -0.123. The van der Waals surface area contributed by atoms with Gasteiger partial charge in [0.05, 0.1) is 13.2 Å². The van der Waals surface area contributed by atoms with Crippen LogP contribution in [0.25, 0.3) is 0 Å². The average Bonchev–Trinajstić information content (AvgIpc) is 2.12. The lowest BCUT2D eigenvalue weighted by Gasteiger charge is -2.24. The molecule has 0 aliphatic heterocycles. The van der Waals surface area contributed by atoms with Crippen molar-refractivity contribution < 1.29 is 30.6 Å². The Morgan fingerprint density at radius 2 is 0.917 bits per heavy atom. The van der Waals surface area contributed by atoms with Crippen molar-refractivity contribution >= 4 is 0 Å². The van der Waals surface area contributed by atoms with E-state index in [0.29, 0.717) is 0 Å². The summed E-state index contributed by atoms with van der Waals surface area (Å²) in [5.74, 6) is 0. The van der Waals surface area contributed by atoms with Crippen LogP contribution in [0.3, 0.4) is 0 Å². The zero-order valence-corrected chi connectivity index (χ0v) is 6.41. The van der Waals surface area contributed by atoms with Gasteiger partial charge in [-0.25, -0.2) is 0 Å². The van der Waals surface area contributed by atoms with Gasteiger partial charge in [0.1, 0.15) is 24.4 Å². The molecule has 0 spiro atoms. The first-order valence-electron chi connectivity index (χ1n) is 3.48. The summed E-state index contributed by atoms with van der Waals surface area (Å²) in [7, 11) is 0. The molecule has 0 amide bonds. The predicted octanol–water partition coefficient (Wildman–Crippen LogP) is -3.59. The monoisotopic (exact) mass is 182 g/mol. The molecule has 0 rings (SSSR count). The van der Waals surface area contributed by atoms with Gasteiger partial charge < -0.3 is 30.6 Å². The molecule has 0 saturated heterocycles. The second kappa shape index (κ2) is 5.41. The van der Waals surface area contributed by atoms with Crippen molar-refractivity contribution in [1.29, 1.82) is 0 Å². The number of aliphatic hydroxyl groups is 6. The summed E-state index contributed by atoms with van der Waals surface area (Å²) in [4.78, 5) is 0. The van der Waals surface area contributed by atoms with E-state index >= 15 is 0 Å². The van der Waals surface area contributed by atoms with Crippen LogP contribution in [0.2, 0.25) is 0 Å². The Hall–Kier alpha value is -0.240. The SMILES string of the molecule is OCC(O)[C@H](O)[C@H](O)[C@@H](O)CO. The zero-order valence-electron chi connectivity index (χ0n) is 6.41. The number of rotatable bonds is 5. The van der Waals surface area contributed by atoms with Gasteiger partial charge in [-0.15, -0.1) is 0 Å². The smallest absolute Gasteiger partial charge is 0.111 e. The lowest BCUT2D eigenvalue weighted by Crippen LogP contribution is -2.46. The van der Waals surface area contributed by atoms with Crippen molar-refractivity contribution in [3.8, 4) is 0 Å². The van der Waals surface area contributed by atoms with Gasteiger partial charge in [0.15, 0.2) is 0 Å². The van der Waals surface area contributed by atoms with Gasteiger partial charge in [0.2, 0.25) is 0 Å². The van der Waals surface area contributed by atoms with E-state index in [2.05, 4.69) is 0 Å². The summed E-state index contributed by atoms with van der Waals surface area (Å²) in [6, 6.07) is 0. The minimum absolute atomic E-state index is 0.726. The Morgan fingerprint density at radius 1 is 0.667 bits per heavy atom. The maximum absolute atomic E-state index is 8.96. The van der Waals surface area contributed by atoms with Gasteiger partial charge in [0.25, 0.3) is 0 Å². The molecule has 74 valence electrons. The van der Waals surface area contributed by atoms with Crippen molar-refractivity contribution in [3.63, 3.8) is 0 Å². The third-order valence-electron chi connectivity index (χ3n) is 1.51. The maximum Gasteiger partial charge on any atom is 0.111 e. The maximum atomic E-state index is 8.96. The molecule has 0 aromatic rings. The second-order valence-corrected chi connectivity index (χ2v) is 2.48. The van der Waals surface area contributed by atoms with Crippen LogP contribution < -0.4 is 0 Å². The van der Waals surface area contributed by atoms with Gasteiger partial charge in [-0.05, 0) is 0 Å². The van der Waals surface area contributed by atoms with Crippen LogP contribution in [-0.2, 0) is 0 Å². The minimum atomic E-state index is -1.67. The zero-order chi connectivity index (χ0) is 9.72. The Kier molecular flexibility index (Phi) is 5.31. The van der Waals surface area contributed by atoms with E-state index in [-0.39, 0.29) is 0 Å². The van der Waals surface area contributed by atoms with Crippen molar-refractivity contribution in [2.24, 2.45) is 0 Å². The molecule has 6 heteroatoms. The molecule has 1 unspecified atom stereocenters. The molecule has 6 N–H and O–H groups in total. The number of aliphatic hydroxyl groups excluding tert-OH is 6. The van der Waals surface area contributed by atoms with E-state index in [0.717, 1.165) is 0 Å². The van der Waals surface area contributed by atoms with Crippen LogP contribution in [0, 0.1) is 0 Å². The molecule has 0 aliphatic carbocycles. The lowest BCUT2D eigenvalue weighted by atomic mass is 10.0. The van der Waals surface area contributed by atoms with Crippen LogP contribution in [0.1, 0.15) is 0 Å². The summed E-state index contributed by atoms with van der Waals surface area (Å²) in [6.07, 6.45) is -6.39. The Labute approximate surface area is 69.3 Å². The molecular formula is C6H14O6. The van der Waals surface area contributed by atoms with E-state index in [4.69, 9.17) is 30.6 Å². The highest BCUT2D eigenvalue weighted by Crippen LogP contribution is 2.03. The Bertz CT molecular complexity index is 105. The Balaban J connectivity index is 3.99. The number of hydrogen-bond donors (Lipinski definition) is 6. The molecule has 4 atom stereocenters. The van der Waals surface area contributed by atoms with Crippen LogP contribution in [0.15, 0.2) is 0 Å². The van der Waals surface area contributed by atoms with Gasteiger partial charge in [0, 0.05) is 0 Å². The van der Waals surface area contributed by atoms with Gasteiger partial charge >= 0.3 is 0 Å². The number of hydrogen-bond acceptors (Lipinski definition) is 6. The highest BCUT2D eigenvalue weighted by atomic mass is 16.4. The third kappa shape index (κ3) is 3.02. The summed E-state index contributed by atoms with van der Waals surface area (Å²) in [5.41, 5.74) is 0. The highest BCUT2D eigenvalue weighted by Gasteiger charge is 2.29. The van der Waals surface area contributed by atoms with E-state index < -0.39 is 37.6 Å². The molecular weight excluding hydrogens is 168 g/mol. The molecule has 0 aliphatic rings. The second-order valence-electron chi connectivity index (χ2n) is 2.48. The summed E-state index contributed by atoms with van der Waals surface area (Å²) in [6.45, 7) is -1.45. The normalized spacial score (nSPS) is 21.5. The fraction of sp³-hybridized carbons (Fsp3) is 1.00. The quantitative estimate of drug-likeness (QED) is 0.261. The van der Waals surface area contributed by atoms with Crippen molar-refractivity contribution in [3.05, 3.63) is 0 Å². The first-order valence-corrected chi connectivity index (χ1v) is 3.48. The standard InChI is InChI=1S/C6H14O6/c7-1-3(9)5(11)6(12)4(10)2-8/h3-12H,1-2H2/t3-,4?,5+,6-/m0/s1. The fourth-order valence-electron chi connectivity index (χ4n) is 0.671. The van der Waals surface area contributed by atoms with Crippen molar-refractivity contribution in [2.75, 3.05) is 13.2 Å². The molecule has 0 aromatic heterocycles. The largest absolute Gasteiger partial charge is 0.394 e. The van der Waals surface area contributed by atoms with Crippen LogP contribution in [0.5, 0.6) is 0 Å². The average molecular weight is 182 g/mol. The van der Waals surface area contributed by atoms with Crippen LogP contribution >= 0.6 is 0 Å². The molecule has 0 aromatic carbocycles. The third-order valence-corrected chi connectivity index (χ3v) is 1.51. The van der Waals surface area contributed by atoms with E-state index in [1.165, 1.54) is 0 Å². The molecule has 12 heavy (non-hydrogen) atoms. The predicted molar refractivity (Wildman–Crippen MR) is 38.2 cm³/mol.